The van der Waals surface area contributed by atoms with Crippen molar-refractivity contribution in [2.75, 3.05) is 26.7 Å². The fraction of sp³-hybridized carbons (Fsp3) is 0.750. The van der Waals surface area contributed by atoms with Crippen LogP contribution in [0.25, 0.3) is 0 Å². The molecule has 2 aliphatic heterocycles. The number of hydrogen-bond acceptors (Lipinski definition) is 3. The van der Waals surface area contributed by atoms with Gasteiger partial charge in [-0.25, -0.2) is 0 Å². The monoisotopic (exact) mass is 232 g/mol. The van der Waals surface area contributed by atoms with Gasteiger partial charge in [0.2, 0.25) is 0 Å². The summed E-state index contributed by atoms with van der Waals surface area (Å²) in [4.78, 5) is 7.32. The van der Waals surface area contributed by atoms with Crippen molar-refractivity contribution >= 4 is 15.9 Å². The van der Waals surface area contributed by atoms with Crippen LogP contribution in [0.3, 0.4) is 0 Å². The third-order valence-corrected chi connectivity index (χ3v) is 3.30. The number of hydrogen-bond donors (Lipinski definition) is 1. The van der Waals surface area contributed by atoms with E-state index in [9.17, 15) is 0 Å². The molecule has 2 heterocycles. The van der Waals surface area contributed by atoms with Crippen LogP contribution >= 0.6 is 15.9 Å². The highest BCUT2D eigenvalue weighted by Crippen LogP contribution is 2.34. The molecule has 2 fully saturated rings. The SMILES string of the molecule is CON/C(Br)=C1/CN2CCC1C2. The molecule has 12 heavy (non-hydrogen) atoms. The van der Waals surface area contributed by atoms with Crippen LogP contribution in [-0.2, 0) is 4.84 Å². The number of piperidine rings is 1. The van der Waals surface area contributed by atoms with Crippen LogP contribution in [0.2, 0.25) is 0 Å². The summed E-state index contributed by atoms with van der Waals surface area (Å²) >= 11 is 3.48. The summed E-state index contributed by atoms with van der Waals surface area (Å²) in [6, 6.07) is 0. The van der Waals surface area contributed by atoms with Gasteiger partial charge in [0.15, 0.2) is 0 Å². The smallest absolute Gasteiger partial charge is 0.104 e. The van der Waals surface area contributed by atoms with Gasteiger partial charge in [0, 0.05) is 13.1 Å². The van der Waals surface area contributed by atoms with E-state index in [0.29, 0.717) is 0 Å². The first-order valence-electron chi connectivity index (χ1n) is 4.21. The summed E-state index contributed by atoms with van der Waals surface area (Å²) in [5.41, 5.74) is 4.30. The first-order chi connectivity index (χ1) is 5.81. The Bertz CT molecular complexity index is 217. The van der Waals surface area contributed by atoms with Gasteiger partial charge in [-0.15, -0.1) is 0 Å². The fourth-order valence-corrected chi connectivity index (χ4v) is 2.65. The molecule has 2 atom stereocenters. The Morgan fingerprint density at radius 3 is 3.08 bits per heavy atom. The standard InChI is InChI=1S/C8H13BrN2O/c1-12-10-8(9)7-5-11-3-2-6(7)4-11/h6,10H,2-5H2,1H3/b8-7-. The highest BCUT2D eigenvalue weighted by Gasteiger charge is 2.34. The molecule has 0 spiro atoms. The van der Waals surface area contributed by atoms with Crippen molar-refractivity contribution in [3.05, 3.63) is 10.2 Å². The molecule has 1 N–H and O–H groups in total. The van der Waals surface area contributed by atoms with E-state index in [1.54, 1.807) is 7.11 Å². The van der Waals surface area contributed by atoms with Crippen molar-refractivity contribution in [3.8, 4) is 0 Å². The summed E-state index contributed by atoms with van der Waals surface area (Å²) in [6.45, 7) is 3.60. The largest absolute Gasteiger partial charge is 0.299 e. The Morgan fingerprint density at radius 1 is 1.75 bits per heavy atom. The van der Waals surface area contributed by atoms with Crippen molar-refractivity contribution in [3.63, 3.8) is 0 Å². The van der Waals surface area contributed by atoms with E-state index >= 15 is 0 Å². The average molecular weight is 233 g/mol. The predicted octanol–water partition coefficient (Wildman–Crippen LogP) is 1.08. The molecule has 0 radical (unpaired) electrons. The van der Waals surface area contributed by atoms with Crippen LogP contribution in [0, 0.1) is 5.92 Å². The zero-order chi connectivity index (χ0) is 8.55. The number of halogens is 1. The van der Waals surface area contributed by atoms with Gasteiger partial charge in [0.25, 0.3) is 0 Å². The molecule has 4 heteroatoms. The molecule has 0 aromatic rings. The molecule has 2 aliphatic rings. The molecular formula is C8H13BrN2O. The van der Waals surface area contributed by atoms with Gasteiger partial charge >= 0.3 is 0 Å². The van der Waals surface area contributed by atoms with Crippen molar-refractivity contribution in [1.82, 2.24) is 10.4 Å². The van der Waals surface area contributed by atoms with Crippen molar-refractivity contribution < 1.29 is 4.84 Å². The number of hydroxylamine groups is 1. The van der Waals surface area contributed by atoms with E-state index in [0.717, 1.165) is 17.1 Å². The Morgan fingerprint density at radius 2 is 2.58 bits per heavy atom. The minimum absolute atomic E-state index is 0.752. The minimum atomic E-state index is 0.752. The number of rotatable bonds is 2. The molecule has 0 aromatic carbocycles. The number of nitrogens with zero attached hydrogens (tertiary/aromatic N) is 1. The fourth-order valence-electron chi connectivity index (χ4n) is 2.03. The normalized spacial score (nSPS) is 37.2. The van der Waals surface area contributed by atoms with E-state index in [4.69, 9.17) is 4.84 Å². The summed E-state index contributed by atoms with van der Waals surface area (Å²) in [6.07, 6.45) is 1.30. The molecule has 2 unspecified atom stereocenters. The van der Waals surface area contributed by atoms with Crippen molar-refractivity contribution in [2.45, 2.75) is 6.42 Å². The van der Waals surface area contributed by atoms with Gasteiger partial charge in [-0.2, -0.15) is 0 Å². The Balaban J connectivity index is 2.09. The maximum atomic E-state index is 4.85. The highest BCUT2D eigenvalue weighted by atomic mass is 79.9. The Labute approximate surface area is 80.8 Å². The van der Waals surface area contributed by atoms with Crippen molar-refractivity contribution in [2.24, 2.45) is 5.92 Å². The minimum Gasteiger partial charge on any atom is -0.299 e. The zero-order valence-corrected chi connectivity index (χ0v) is 8.73. The molecule has 68 valence electrons. The molecule has 3 nitrogen and oxygen atoms in total. The lowest BCUT2D eigenvalue weighted by Crippen LogP contribution is -2.20. The second-order valence-corrected chi connectivity index (χ2v) is 4.16. The van der Waals surface area contributed by atoms with E-state index in [2.05, 4.69) is 26.3 Å². The first-order valence-corrected chi connectivity index (χ1v) is 5.00. The third-order valence-electron chi connectivity index (χ3n) is 2.63. The van der Waals surface area contributed by atoms with Gasteiger partial charge in [0.1, 0.15) is 4.61 Å². The summed E-state index contributed by atoms with van der Waals surface area (Å²) < 4.78 is 1.03. The van der Waals surface area contributed by atoms with E-state index in [1.807, 2.05) is 0 Å². The van der Waals surface area contributed by atoms with Gasteiger partial charge in [0.05, 0.1) is 7.11 Å². The number of fused-ring (bicyclic) bond motifs is 2. The lowest BCUT2D eigenvalue weighted by Gasteiger charge is -2.16. The van der Waals surface area contributed by atoms with Crippen molar-refractivity contribution in [1.29, 1.82) is 0 Å². The second-order valence-electron chi connectivity index (χ2n) is 3.37. The summed E-state index contributed by atoms with van der Waals surface area (Å²) in [5.74, 6) is 0.752. The highest BCUT2D eigenvalue weighted by molar-refractivity contribution is 9.11. The van der Waals surface area contributed by atoms with Crippen LogP contribution in [0.4, 0.5) is 0 Å². The van der Waals surface area contributed by atoms with E-state index in [1.165, 1.54) is 25.1 Å². The van der Waals surface area contributed by atoms with Gasteiger partial charge in [-0.05, 0) is 40.4 Å². The first kappa shape index (κ1) is 8.53. The van der Waals surface area contributed by atoms with Gasteiger partial charge in [-0.1, -0.05) is 0 Å². The van der Waals surface area contributed by atoms with Gasteiger partial charge < -0.3 is 0 Å². The van der Waals surface area contributed by atoms with Gasteiger partial charge in [-0.3, -0.25) is 15.2 Å². The average Bonchev–Trinajstić information content (AvgIpc) is 2.64. The molecule has 2 saturated heterocycles. The molecule has 0 aromatic heterocycles. The van der Waals surface area contributed by atoms with E-state index in [-0.39, 0.29) is 0 Å². The lowest BCUT2D eigenvalue weighted by molar-refractivity contribution is 0.124. The topological polar surface area (TPSA) is 24.5 Å². The predicted molar refractivity (Wildman–Crippen MR) is 50.6 cm³/mol. The van der Waals surface area contributed by atoms with Crippen LogP contribution in [0.5, 0.6) is 0 Å². The molecule has 0 saturated carbocycles. The lowest BCUT2D eigenvalue weighted by atomic mass is 10.0. The maximum Gasteiger partial charge on any atom is 0.104 e. The molecule has 2 rings (SSSR count). The second kappa shape index (κ2) is 3.36. The van der Waals surface area contributed by atoms with Crippen LogP contribution in [0.1, 0.15) is 6.42 Å². The third kappa shape index (κ3) is 1.39. The van der Waals surface area contributed by atoms with Crippen LogP contribution in [-0.4, -0.2) is 31.6 Å². The summed E-state index contributed by atoms with van der Waals surface area (Å²) in [7, 11) is 1.63. The molecular weight excluding hydrogens is 220 g/mol. The summed E-state index contributed by atoms with van der Waals surface area (Å²) in [5, 5.41) is 0. The maximum absolute atomic E-state index is 4.85. The van der Waals surface area contributed by atoms with Crippen LogP contribution in [0.15, 0.2) is 10.2 Å². The van der Waals surface area contributed by atoms with Crippen LogP contribution < -0.4 is 5.48 Å². The Hall–Kier alpha value is -0.0600. The Kier molecular flexibility index (Phi) is 2.39. The number of nitrogens with one attached hydrogen (secondary N) is 1. The molecule has 0 amide bonds. The molecule has 0 aliphatic carbocycles. The molecule has 2 bridgehead atoms. The quantitative estimate of drug-likeness (QED) is 0.570. The zero-order valence-electron chi connectivity index (χ0n) is 7.14. The van der Waals surface area contributed by atoms with E-state index < -0.39 is 0 Å².